The van der Waals surface area contributed by atoms with Crippen molar-refractivity contribution in [1.29, 1.82) is 0 Å². The van der Waals surface area contributed by atoms with E-state index in [-0.39, 0.29) is 23.3 Å². The van der Waals surface area contributed by atoms with Crippen molar-refractivity contribution < 1.29 is 27.5 Å². The van der Waals surface area contributed by atoms with Crippen molar-refractivity contribution in [3.05, 3.63) is 77.7 Å². The van der Waals surface area contributed by atoms with E-state index in [4.69, 9.17) is 14.3 Å². The predicted octanol–water partition coefficient (Wildman–Crippen LogP) is 4.47. The minimum absolute atomic E-state index is 0.0406. The van der Waals surface area contributed by atoms with Gasteiger partial charge in [0.05, 0.1) is 10.6 Å². The van der Waals surface area contributed by atoms with Crippen molar-refractivity contribution in [2.75, 3.05) is 4.31 Å². The van der Waals surface area contributed by atoms with E-state index in [9.17, 15) is 13.2 Å². The van der Waals surface area contributed by atoms with Gasteiger partial charge in [-0.15, -0.1) is 0 Å². The van der Waals surface area contributed by atoms with Gasteiger partial charge in [-0.25, -0.2) is 13.2 Å². The average molecular weight is 429 g/mol. The maximum atomic E-state index is 13.4. The molecule has 0 unspecified atom stereocenters. The van der Waals surface area contributed by atoms with E-state index >= 15 is 0 Å². The molecule has 0 atom stereocenters. The van der Waals surface area contributed by atoms with Crippen LogP contribution in [0.5, 0.6) is 5.75 Å². The van der Waals surface area contributed by atoms with Gasteiger partial charge >= 0.3 is 5.97 Å². The number of anilines is 1. The number of rotatable bonds is 8. The van der Waals surface area contributed by atoms with E-state index in [1.807, 2.05) is 13.0 Å². The number of aryl methyl sites for hydroxylation is 1. The van der Waals surface area contributed by atoms with Crippen LogP contribution in [0.25, 0.3) is 0 Å². The smallest absolute Gasteiger partial charge is 0.371 e. The summed E-state index contributed by atoms with van der Waals surface area (Å²) < 4.78 is 39.1. The summed E-state index contributed by atoms with van der Waals surface area (Å²) in [6.07, 6.45) is 0. The minimum Gasteiger partial charge on any atom is -0.483 e. The van der Waals surface area contributed by atoms with Crippen LogP contribution in [0.3, 0.4) is 0 Å². The summed E-state index contributed by atoms with van der Waals surface area (Å²) in [6.45, 7) is 5.41. The van der Waals surface area contributed by atoms with Gasteiger partial charge in [0.15, 0.2) is 0 Å². The highest BCUT2D eigenvalue weighted by Crippen LogP contribution is 2.35. The molecule has 0 fully saturated rings. The molecule has 0 radical (unpaired) electrons. The third kappa shape index (κ3) is 4.49. The molecule has 0 saturated carbocycles. The highest BCUT2D eigenvalue weighted by Gasteiger charge is 2.29. The van der Waals surface area contributed by atoms with Gasteiger partial charge < -0.3 is 14.3 Å². The molecule has 1 N–H and O–H groups in total. The summed E-state index contributed by atoms with van der Waals surface area (Å²) in [7, 11) is -3.83. The molecule has 0 aliphatic rings. The summed E-state index contributed by atoms with van der Waals surface area (Å²) in [5, 5.41) is 8.99. The molecule has 0 aliphatic heterocycles. The van der Waals surface area contributed by atoms with E-state index in [1.54, 1.807) is 56.3 Å². The molecule has 0 spiro atoms. The second-order valence-corrected chi connectivity index (χ2v) is 8.85. The van der Waals surface area contributed by atoms with Gasteiger partial charge in [0.25, 0.3) is 10.0 Å². The number of benzene rings is 2. The Bertz CT molecular complexity index is 1140. The molecule has 1 aromatic heterocycles. The van der Waals surface area contributed by atoms with E-state index in [2.05, 4.69) is 0 Å². The first kappa shape index (κ1) is 21.4. The van der Waals surface area contributed by atoms with Gasteiger partial charge in [-0.3, -0.25) is 4.31 Å². The van der Waals surface area contributed by atoms with E-state index < -0.39 is 16.0 Å². The van der Waals surface area contributed by atoms with Crippen LogP contribution in [0, 0.1) is 6.92 Å². The fourth-order valence-electron chi connectivity index (χ4n) is 3.03. The molecule has 7 nitrogen and oxygen atoms in total. The van der Waals surface area contributed by atoms with Crippen LogP contribution in [0.2, 0.25) is 0 Å². The lowest BCUT2D eigenvalue weighted by molar-refractivity contribution is 0.0658. The predicted molar refractivity (Wildman–Crippen MR) is 112 cm³/mol. The van der Waals surface area contributed by atoms with Gasteiger partial charge in [0.1, 0.15) is 18.1 Å². The monoisotopic (exact) mass is 429 g/mol. The molecule has 0 saturated heterocycles. The lowest BCUT2D eigenvalue weighted by Gasteiger charge is -2.30. The third-order valence-corrected chi connectivity index (χ3v) is 6.37. The quantitative estimate of drug-likeness (QED) is 0.567. The van der Waals surface area contributed by atoms with Crippen molar-refractivity contribution in [2.24, 2.45) is 0 Å². The number of carbonyl (C=O) groups is 1. The highest BCUT2D eigenvalue weighted by molar-refractivity contribution is 7.92. The van der Waals surface area contributed by atoms with Crippen molar-refractivity contribution in [3.63, 3.8) is 0 Å². The molecule has 1 heterocycles. The zero-order valence-corrected chi connectivity index (χ0v) is 17.7. The Hall–Kier alpha value is -3.26. The fourth-order valence-corrected chi connectivity index (χ4v) is 4.72. The average Bonchev–Trinajstić information content (AvgIpc) is 3.18. The van der Waals surface area contributed by atoms with Crippen LogP contribution in [-0.4, -0.2) is 25.5 Å². The summed E-state index contributed by atoms with van der Waals surface area (Å²) in [6, 6.07) is 16.0. The number of furan rings is 1. The van der Waals surface area contributed by atoms with Gasteiger partial charge in [0, 0.05) is 6.04 Å². The maximum Gasteiger partial charge on any atom is 0.371 e. The fraction of sp³-hybridized carbons (Fsp3) is 0.227. The zero-order valence-electron chi connectivity index (χ0n) is 16.9. The first-order valence-electron chi connectivity index (χ1n) is 9.35. The van der Waals surface area contributed by atoms with Gasteiger partial charge in [-0.05, 0) is 62.7 Å². The lowest BCUT2D eigenvalue weighted by Crippen LogP contribution is -2.37. The number of hydrogen-bond donors (Lipinski definition) is 1. The number of sulfonamides is 1. The molecule has 30 heavy (non-hydrogen) atoms. The van der Waals surface area contributed by atoms with Crippen LogP contribution in [0.15, 0.2) is 70.0 Å². The Morgan fingerprint density at radius 3 is 2.40 bits per heavy atom. The molecule has 0 bridgehead atoms. The number of nitrogens with zero attached hydrogens (tertiary/aromatic N) is 1. The number of aromatic carboxylic acids is 1. The van der Waals surface area contributed by atoms with Crippen LogP contribution >= 0.6 is 0 Å². The molecule has 3 rings (SSSR count). The second kappa shape index (κ2) is 8.62. The molecule has 3 aromatic rings. The first-order valence-corrected chi connectivity index (χ1v) is 10.8. The van der Waals surface area contributed by atoms with Crippen molar-refractivity contribution >= 4 is 21.7 Å². The first-order chi connectivity index (χ1) is 14.2. The normalized spacial score (nSPS) is 11.5. The second-order valence-electron chi connectivity index (χ2n) is 7.04. The summed E-state index contributed by atoms with van der Waals surface area (Å²) in [4.78, 5) is 11.2. The Morgan fingerprint density at radius 2 is 1.80 bits per heavy atom. The molecular weight excluding hydrogens is 406 g/mol. The van der Waals surface area contributed by atoms with Gasteiger partial charge in [-0.2, -0.15) is 0 Å². The molecule has 2 aromatic carbocycles. The Morgan fingerprint density at radius 1 is 1.10 bits per heavy atom. The lowest BCUT2D eigenvalue weighted by atomic mass is 10.2. The minimum atomic E-state index is -3.83. The largest absolute Gasteiger partial charge is 0.483 e. The summed E-state index contributed by atoms with van der Waals surface area (Å²) >= 11 is 0. The maximum absolute atomic E-state index is 13.4. The molecule has 0 amide bonds. The topological polar surface area (TPSA) is 97.0 Å². The molecule has 8 heteroatoms. The van der Waals surface area contributed by atoms with Crippen molar-refractivity contribution in [1.82, 2.24) is 0 Å². The van der Waals surface area contributed by atoms with Crippen LogP contribution in [-0.2, 0) is 16.6 Å². The molecule has 0 aliphatic carbocycles. The molecule has 158 valence electrons. The van der Waals surface area contributed by atoms with Crippen molar-refractivity contribution in [2.45, 2.75) is 38.3 Å². The number of ether oxygens (including phenoxy) is 1. The van der Waals surface area contributed by atoms with Crippen LogP contribution < -0.4 is 9.04 Å². The standard InChI is InChI=1S/C22H23NO6S/c1-15(2)23(30(26,27)18-7-5-4-6-8-18)19-11-9-16(3)13-21(19)28-14-17-10-12-20(29-17)22(24)25/h4-13,15H,14H2,1-3H3,(H,24,25). The SMILES string of the molecule is Cc1ccc(N(C(C)C)S(=O)(=O)c2ccccc2)c(OCc2ccc(C(=O)O)o2)c1. The number of carboxylic acids is 1. The Balaban J connectivity index is 1.98. The zero-order chi connectivity index (χ0) is 21.9. The van der Waals surface area contributed by atoms with E-state index in [0.717, 1.165) is 5.56 Å². The van der Waals surface area contributed by atoms with Crippen LogP contribution in [0.1, 0.15) is 35.7 Å². The molecular formula is C22H23NO6S. The van der Waals surface area contributed by atoms with Crippen molar-refractivity contribution in [3.8, 4) is 5.75 Å². The van der Waals surface area contributed by atoms with Crippen LogP contribution in [0.4, 0.5) is 5.69 Å². The van der Waals surface area contributed by atoms with Gasteiger partial charge in [-0.1, -0.05) is 24.3 Å². The highest BCUT2D eigenvalue weighted by atomic mass is 32.2. The number of hydrogen-bond acceptors (Lipinski definition) is 5. The summed E-state index contributed by atoms with van der Waals surface area (Å²) in [5.41, 5.74) is 1.28. The van der Waals surface area contributed by atoms with E-state index in [0.29, 0.717) is 17.2 Å². The number of carboxylic acid groups (broad SMARTS) is 1. The Kier molecular flexibility index (Phi) is 6.17. The third-order valence-electron chi connectivity index (χ3n) is 4.36. The van der Waals surface area contributed by atoms with Gasteiger partial charge in [0.2, 0.25) is 5.76 Å². The summed E-state index contributed by atoms with van der Waals surface area (Å²) in [5.74, 6) is -0.677. The Labute approximate surface area is 175 Å². The van der Waals surface area contributed by atoms with E-state index in [1.165, 1.54) is 16.4 Å².